The van der Waals surface area contributed by atoms with E-state index in [0.717, 1.165) is 24.3 Å². The SMILES string of the molecule is CCN(CC(=O)NC(C)(C)C)Cc1cccc(N)c1. The lowest BCUT2D eigenvalue weighted by Crippen LogP contribution is -2.45. The topological polar surface area (TPSA) is 58.4 Å². The molecule has 0 bridgehead atoms. The zero-order chi connectivity index (χ0) is 14.5. The molecule has 1 aromatic carbocycles. The molecule has 19 heavy (non-hydrogen) atoms. The molecule has 0 saturated heterocycles. The second kappa shape index (κ2) is 6.57. The van der Waals surface area contributed by atoms with Gasteiger partial charge in [-0.1, -0.05) is 19.1 Å². The molecular weight excluding hydrogens is 238 g/mol. The van der Waals surface area contributed by atoms with Crippen molar-refractivity contribution < 1.29 is 4.79 Å². The smallest absolute Gasteiger partial charge is 0.234 e. The molecule has 4 heteroatoms. The molecule has 0 aliphatic carbocycles. The number of nitrogen functional groups attached to an aromatic ring is 1. The van der Waals surface area contributed by atoms with E-state index in [-0.39, 0.29) is 11.4 Å². The van der Waals surface area contributed by atoms with Gasteiger partial charge in [0.1, 0.15) is 0 Å². The van der Waals surface area contributed by atoms with E-state index in [1.807, 2.05) is 45.0 Å². The highest BCUT2D eigenvalue weighted by molar-refractivity contribution is 5.78. The maximum absolute atomic E-state index is 11.9. The van der Waals surface area contributed by atoms with E-state index in [2.05, 4.69) is 17.1 Å². The Morgan fingerprint density at radius 1 is 1.37 bits per heavy atom. The zero-order valence-electron chi connectivity index (χ0n) is 12.4. The fraction of sp³-hybridized carbons (Fsp3) is 0.533. The summed E-state index contributed by atoms with van der Waals surface area (Å²) in [4.78, 5) is 14.0. The molecule has 0 atom stereocenters. The van der Waals surface area contributed by atoms with Crippen molar-refractivity contribution in [1.82, 2.24) is 10.2 Å². The molecule has 1 amide bonds. The molecule has 0 saturated carbocycles. The third kappa shape index (κ3) is 6.25. The van der Waals surface area contributed by atoms with Gasteiger partial charge >= 0.3 is 0 Å². The Labute approximate surface area is 116 Å². The Morgan fingerprint density at radius 2 is 2.05 bits per heavy atom. The molecule has 106 valence electrons. The van der Waals surface area contributed by atoms with Crippen molar-refractivity contribution in [3.05, 3.63) is 29.8 Å². The van der Waals surface area contributed by atoms with Crippen molar-refractivity contribution in [2.45, 2.75) is 39.8 Å². The minimum absolute atomic E-state index is 0.0539. The Balaban J connectivity index is 2.57. The van der Waals surface area contributed by atoms with E-state index >= 15 is 0 Å². The molecule has 0 fully saturated rings. The summed E-state index contributed by atoms with van der Waals surface area (Å²) < 4.78 is 0. The van der Waals surface area contributed by atoms with Crippen LogP contribution in [0, 0.1) is 0 Å². The molecule has 1 aromatic rings. The predicted molar refractivity (Wildman–Crippen MR) is 79.7 cm³/mol. The number of nitrogens with one attached hydrogen (secondary N) is 1. The average Bonchev–Trinajstić information content (AvgIpc) is 2.25. The number of hydrogen-bond acceptors (Lipinski definition) is 3. The maximum Gasteiger partial charge on any atom is 0.234 e. The van der Waals surface area contributed by atoms with Gasteiger partial charge in [-0.2, -0.15) is 0 Å². The minimum atomic E-state index is -0.187. The monoisotopic (exact) mass is 263 g/mol. The van der Waals surface area contributed by atoms with E-state index in [1.165, 1.54) is 0 Å². The van der Waals surface area contributed by atoms with Crippen molar-refractivity contribution in [1.29, 1.82) is 0 Å². The third-order valence-electron chi connectivity index (χ3n) is 2.69. The van der Waals surface area contributed by atoms with E-state index in [9.17, 15) is 4.79 Å². The Hall–Kier alpha value is -1.55. The van der Waals surface area contributed by atoms with Gasteiger partial charge in [-0.05, 0) is 45.0 Å². The summed E-state index contributed by atoms with van der Waals surface area (Å²) in [6, 6.07) is 7.78. The standard InChI is InChI=1S/C15H25N3O/c1-5-18(11-14(19)17-15(2,3)4)10-12-7-6-8-13(16)9-12/h6-9H,5,10-11,16H2,1-4H3,(H,17,19). The number of rotatable bonds is 5. The molecule has 1 rings (SSSR count). The first kappa shape index (κ1) is 15.5. The fourth-order valence-electron chi connectivity index (χ4n) is 1.89. The summed E-state index contributed by atoms with van der Waals surface area (Å²) >= 11 is 0. The van der Waals surface area contributed by atoms with Gasteiger partial charge in [-0.15, -0.1) is 0 Å². The molecule has 0 spiro atoms. The second-order valence-electron chi connectivity index (χ2n) is 5.85. The highest BCUT2D eigenvalue weighted by Crippen LogP contribution is 2.09. The van der Waals surface area contributed by atoms with Crippen molar-refractivity contribution in [3.8, 4) is 0 Å². The van der Waals surface area contributed by atoms with E-state index in [1.54, 1.807) is 0 Å². The molecule has 0 aromatic heterocycles. The molecule has 0 radical (unpaired) electrons. The summed E-state index contributed by atoms with van der Waals surface area (Å²) in [5, 5.41) is 2.98. The van der Waals surface area contributed by atoms with Crippen molar-refractivity contribution in [3.63, 3.8) is 0 Å². The van der Waals surface area contributed by atoms with E-state index in [4.69, 9.17) is 5.73 Å². The van der Waals surface area contributed by atoms with Crippen LogP contribution in [0.4, 0.5) is 5.69 Å². The lowest BCUT2D eigenvalue weighted by Gasteiger charge is -2.25. The Kier molecular flexibility index (Phi) is 5.36. The van der Waals surface area contributed by atoms with Gasteiger partial charge in [-0.25, -0.2) is 0 Å². The van der Waals surface area contributed by atoms with Gasteiger partial charge in [0.05, 0.1) is 6.54 Å². The summed E-state index contributed by atoms with van der Waals surface area (Å²) in [7, 11) is 0. The fourth-order valence-corrected chi connectivity index (χ4v) is 1.89. The predicted octanol–water partition coefficient (Wildman–Crippen LogP) is 2.01. The molecule has 3 N–H and O–H groups in total. The lowest BCUT2D eigenvalue weighted by molar-refractivity contribution is -0.123. The van der Waals surface area contributed by atoms with Gasteiger partial charge in [0.2, 0.25) is 5.91 Å². The number of benzene rings is 1. The third-order valence-corrected chi connectivity index (χ3v) is 2.69. The summed E-state index contributed by atoms with van der Waals surface area (Å²) in [5.74, 6) is 0.0539. The number of nitrogens with zero attached hydrogens (tertiary/aromatic N) is 1. The van der Waals surface area contributed by atoms with Crippen LogP contribution in [0.3, 0.4) is 0 Å². The van der Waals surface area contributed by atoms with Crippen LogP contribution in [0.15, 0.2) is 24.3 Å². The summed E-state index contributed by atoms with van der Waals surface area (Å²) in [6.07, 6.45) is 0. The van der Waals surface area contributed by atoms with Crippen LogP contribution in [0.2, 0.25) is 0 Å². The second-order valence-corrected chi connectivity index (χ2v) is 5.85. The molecule has 4 nitrogen and oxygen atoms in total. The molecule has 0 aliphatic heterocycles. The minimum Gasteiger partial charge on any atom is -0.399 e. The van der Waals surface area contributed by atoms with Crippen LogP contribution in [0.1, 0.15) is 33.3 Å². The van der Waals surface area contributed by atoms with Gasteiger partial charge in [-0.3, -0.25) is 9.69 Å². The normalized spacial score (nSPS) is 11.6. The van der Waals surface area contributed by atoms with Crippen LogP contribution >= 0.6 is 0 Å². The first-order chi connectivity index (χ1) is 8.80. The zero-order valence-corrected chi connectivity index (χ0v) is 12.4. The lowest BCUT2D eigenvalue weighted by atomic mass is 10.1. The Bertz CT molecular complexity index is 424. The number of carbonyl (C=O) groups excluding carboxylic acids is 1. The highest BCUT2D eigenvalue weighted by atomic mass is 16.2. The maximum atomic E-state index is 11.9. The van der Waals surface area contributed by atoms with Gasteiger partial charge in [0, 0.05) is 17.8 Å². The number of hydrogen-bond donors (Lipinski definition) is 2. The molecule has 0 heterocycles. The average molecular weight is 263 g/mol. The largest absolute Gasteiger partial charge is 0.399 e. The van der Waals surface area contributed by atoms with E-state index in [0.29, 0.717) is 6.54 Å². The van der Waals surface area contributed by atoms with Gasteiger partial charge in [0.15, 0.2) is 0 Å². The summed E-state index contributed by atoms with van der Waals surface area (Å²) in [6.45, 7) is 9.97. The van der Waals surface area contributed by atoms with Gasteiger partial charge in [0.25, 0.3) is 0 Å². The Morgan fingerprint density at radius 3 is 2.58 bits per heavy atom. The van der Waals surface area contributed by atoms with Crippen LogP contribution in [0.5, 0.6) is 0 Å². The van der Waals surface area contributed by atoms with Gasteiger partial charge < -0.3 is 11.1 Å². The first-order valence-electron chi connectivity index (χ1n) is 6.68. The van der Waals surface area contributed by atoms with Crippen LogP contribution < -0.4 is 11.1 Å². The summed E-state index contributed by atoms with van der Waals surface area (Å²) in [5.41, 5.74) is 7.46. The number of carbonyl (C=O) groups is 1. The quantitative estimate of drug-likeness (QED) is 0.799. The molecular formula is C15H25N3O. The number of nitrogens with two attached hydrogens (primary N) is 1. The number of amides is 1. The van der Waals surface area contributed by atoms with E-state index < -0.39 is 0 Å². The van der Waals surface area contributed by atoms with Crippen LogP contribution in [-0.4, -0.2) is 29.4 Å². The highest BCUT2D eigenvalue weighted by Gasteiger charge is 2.16. The molecule has 0 aliphatic rings. The number of anilines is 1. The van der Waals surface area contributed by atoms with Crippen LogP contribution in [-0.2, 0) is 11.3 Å². The van der Waals surface area contributed by atoms with Crippen molar-refractivity contribution >= 4 is 11.6 Å². The number of likely N-dealkylation sites (N-methyl/N-ethyl adjacent to an activating group) is 1. The first-order valence-corrected chi connectivity index (χ1v) is 6.68. The van der Waals surface area contributed by atoms with Crippen LogP contribution in [0.25, 0.3) is 0 Å². The molecule has 0 unspecified atom stereocenters. The van der Waals surface area contributed by atoms with Crippen molar-refractivity contribution in [2.75, 3.05) is 18.8 Å². The van der Waals surface area contributed by atoms with Crippen molar-refractivity contribution in [2.24, 2.45) is 0 Å².